The zero-order valence-corrected chi connectivity index (χ0v) is 8.61. The van der Waals surface area contributed by atoms with E-state index in [1.165, 1.54) is 0 Å². The van der Waals surface area contributed by atoms with Gasteiger partial charge in [-0.05, 0) is 12.0 Å². The number of hydrogen-bond donors (Lipinski definition) is 1. The van der Waals surface area contributed by atoms with E-state index in [2.05, 4.69) is 10.0 Å². The molecule has 0 unspecified atom stereocenters. The van der Waals surface area contributed by atoms with Crippen molar-refractivity contribution in [2.24, 2.45) is 11.0 Å². The maximum Gasteiger partial charge on any atom is 0.345 e. The van der Waals surface area contributed by atoms with E-state index >= 15 is 0 Å². The Hall–Kier alpha value is -2.01. The number of azide groups is 1. The van der Waals surface area contributed by atoms with E-state index in [1.807, 2.05) is 0 Å². The molecule has 0 aliphatic heterocycles. The van der Waals surface area contributed by atoms with Gasteiger partial charge in [0.25, 0.3) is 0 Å². The average Bonchev–Trinajstić information content (AvgIpc) is 2.62. The number of esters is 1. The number of carbonyl (C=O) groups is 2. The Morgan fingerprint density at radius 2 is 2.31 bits per heavy atom. The van der Waals surface area contributed by atoms with E-state index in [0.717, 1.165) is 6.92 Å². The minimum Gasteiger partial charge on any atom is -0.478 e. The number of carboxylic acid groups (broad SMARTS) is 1. The van der Waals surface area contributed by atoms with Crippen LogP contribution in [0.15, 0.2) is 17.3 Å². The number of aliphatic carboxylic acids is 1. The molecule has 0 saturated heterocycles. The lowest BCUT2D eigenvalue weighted by Crippen LogP contribution is -2.32. The van der Waals surface area contributed by atoms with Gasteiger partial charge in [-0.1, -0.05) is 17.3 Å². The van der Waals surface area contributed by atoms with Gasteiger partial charge >= 0.3 is 11.9 Å². The number of ether oxygens (including phenoxy) is 1. The van der Waals surface area contributed by atoms with Gasteiger partial charge < -0.3 is 9.84 Å². The van der Waals surface area contributed by atoms with Gasteiger partial charge in [0.1, 0.15) is 0 Å². The van der Waals surface area contributed by atoms with Crippen LogP contribution in [0.3, 0.4) is 0 Å². The summed E-state index contributed by atoms with van der Waals surface area (Å²) in [5, 5.41) is 12.3. The molecule has 1 N–H and O–H groups in total. The van der Waals surface area contributed by atoms with Gasteiger partial charge in [-0.25, -0.2) is 4.79 Å². The normalized spacial score (nSPS) is 24.6. The Balaban J connectivity index is 2.68. The van der Waals surface area contributed by atoms with Gasteiger partial charge in [-0.15, -0.1) is 0 Å². The van der Waals surface area contributed by atoms with Gasteiger partial charge in [0.2, 0.25) is 6.10 Å². The van der Waals surface area contributed by atoms with Crippen molar-refractivity contribution in [3.05, 3.63) is 22.6 Å². The molecule has 0 aromatic heterocycles. The molecular weight excluding hydrogens is 214 g/mol. The first-order valence-electron chi connectivity index (χ1n) is 4.67. The molecule has 0 fully saturated rings. The highest BCUT2D eigenvalue weighted by molar-refractivity contribution is 5.77. The van der Waals surface area contributed by atoms with Crippen molar-refractivity contribution in [1.82, 2.24) is 0 Å². The third-order valence-electron chi connectivity index (χ3n) is 2.22. The zero-order valence-electron chi connectivity index (χ0n) is 8.61. The first-order valence-corrected chi connectivity index (χ1v) is 4.67. The monoisotopic (exact) mass is 225 g/mol. The zero-order chi connectivity index (χ0) is 12.1. The molecule has 7 heteroatoms. The summed E-state index contributed by atoms with van der Waals surface area (Å²) in [5.74, 6) is -2.30. The van der Waals surface area contributed by atoms with Crippen LogP contribution in [-0.4, -0.2) is 29.2 Å². The first-order chi connectivity index (χ1) is 7.54. The largest absolute Gasteiger partial charge is 0.478 e. The number of nitrogens with zero attached hydrogens (tertiary/aromatic N) is 3. The SMILES string of the molecule is CC(=O)O[C@H](C(=O)O)[C@@H]1C=C[C@H](N=[N+]=[N-])C1. The van der Waals surface area contributed by atoms with Crippen LogP contribution >= 0.6 is 0 Å². The molecular formula is C9H11N3O4. The molecule has 7 nitrogen and oxygen atoms in total. The summed E-state index contributed by atoms with van der Waals surface area (Å²) in [7, 11) is 0. The standard InChI is InChI=1S/C9H11N3O4/c1-5(13)16-8(9(14)15)6-2-3-7(4-6)11-12-10/h2-3,6-8H,4H2,1H3,(H,14,15)/t6-,7+,8+/m1/s1. The highest BCUT2D eigenvalue weighted by atomic mass is 16.6. The van der Waals surface area contributed by atoms with Gasteiger partial charge in [0.15, 0.2) is 0 Å². The molecule has 0 bridgehead atoms. The fourth-order valence-electron chi connectivity index (χ4n) is 1.58. The molecule has 86 valence electrons. The lowest BCUT2D eigenvalue weighted by molar-refractivity contribution is -0.165. The van der Waals surface area contributed by atoms with Gasteiger partial charge in [0, 0.05) is 17.8 Å². The summed E-state index contributed by atoms with van der Waals surface area (Å²) >= 11 is 0. The van der Waals surface area contributed by atoms with Crippen molar-refractivity contribution in [1.29, 1.82) is 0 Å². The fraction of sp³-hybridized carbons (Fsp3) is 0.556. The van der Waals surface area contributed by atoms with Gasteiger partial charge in [-0.2, -0.15) is 0 Å². The summed E-state index contributed by atoms with van der Waals surface area (Å²) in [6.45, 7) is 1.15. The predicted molar refractivity (Wildman–Crippen MR) is 53.4 cm³/mol. The maximum atomic E-state index is 10.9. The Labute approximate surface area is 91.3 Å². The Morgan fingerprint density at radius 1 is 1.62 bits per heavy atom. The maximum absolute atomic E-state index is 10.9. The molecule has 1 rings (SSSR count). The second-order valence-electron chi connectivity index (χ2n) is 3.42. The van der Waals surface area contributed by atoms with E-state index in [9.17, 15) is 9.59 Å². The quantitative estimate of drug-likeness (QED) is 0.255. The molecule has 0 radical (unpaired) electrons. The van der Waals surface area contributed by atoms with Crippen LogP contribution in [0.1, 0.15) is 13.3 Å². The van der Waals surface area contributed by atoms with Gasteiger partial charge in [0.05, 0.1) is 6.04 Å². The topological polar surface area (TPSA) is 112 Å². The molecule has 3 atom stereocenters. The van der Waals surface area contributed by atoms with Crippen molar-refractivity contribution >= 4 is 11.9 Å². The molecule has 0 amide bonds. The van der Waals surface area contributed by atoms with Crippen LogP contribution in [0.5, 0.6) is 0 Å². The molecule has 0 spiro atoms. The number of carboxylic acids is 1. The van der Waals surface area contributed by atoms with Crippen molar-refractivity contribution in [3.8, 4) is 0 Å². The molecule has 0 aromatic rings. The molecule has 1 aliphatic carbocycles. The third kappa shape index (κ3) is 2.99. The highest BCUT2D eigenvalue weighted by Crippen LogP contribution is 2.25. The minimum absolute atomic E-state index is 0.342. The lowest BCUT2D eigenvalue weighted by Gasteiger charge is -2.18. The number of carbonyl (C=O) groups excluding carboxylic acids is 1. The summed E-state index contributed by atoms with van der Waals surface area (Å²) in [5.41, 5.74) is 8.23. The molecule has 16 heavy (non-hydrogen) atoms. The Kier molecular flexibility index (Phi) is 3.90. The first kappa shape index (κ1) is 12.1. The van der Waals surface area contributed by atoms with E-state index in [1.54, 1.807) is 12.2 Å². The number of hydrogen-bond acceptors (Lipinski definition) is 4. The average molecular weight is 225 g/mol. The summed E-state index contributed by atoms with van der Waals surface area (Å²) in [6.07, 6.45) is 2.34. The van der Waals surface area contributed by atoms with Crippen LogP contribution < -0.4 is 0 Å². The summed E-state index contributed by atoms with van der Waals surface area (Å²) in [4.78, 5) is 24.2. The summed E-state index contributed by atoms with van der Waals surface area (Å²) in [6, 6.07) is -0.368. The van der Waals surface area contributed by atoms with E-state index in [0.29, 0.717) is 6.42 Å². The second kappa shape index (κ2) is 5.18. The molecule has 0 aromatic carbocycles. The van der Waals surface area contributed by atoms with Crippen molar-refractivity contribution in [2.75, 3.05) is 0 Å². The van der Waals surface area contributed by atoms with Crippen molar-refractivity contribution in [2.45, 2.75) is 25.5 Å². The second-order valence-corrected chi connectivity index (χ2v) is 3.42. The van der Waals surface area contributed by atoms with Crippen LogP contribution in [0.25, 0.3) is 10.4 Å². The lowest BCUT2D eigenvalue weighted by atomic mass is 10.0. The number of rotatable bonds is 4. The molecule has 0 heterocycles. The van der Waals surface area contributed by atoms with Crippen molar-refractivity contribution < 1.29 is 19.4 Å². The van der Waals surface area contributed by atoms with E-state index < -0.39 is 24.0 Å². The smallest absolute Gasteiger partial charge is 0.345 e. The third-order valence-corrected chi connectivity index (χ3v) is 2.22. The molecule has 0 saturated carbocycles. The fourth-order valence-corrected chi connectivity index (χ4v) is 1.58. The van der Waals surface area contributed by atoms with Crippen LogP contribution in [-0.2, 0) is 14.3 Å². The Morgan fingerprint density at radius 3 is 2.81 bits per heavy atom. The minimum atomic E-state index is -1.22. The van der Waals surface area contributed by atoms with E-state index in [-0.39, 0.29) is 6.04 Å². The summed E-state index contributed by atoms with van der Waals surface area (Å²) < 4.78 is 4.70. The van der Waals surface area contributed by atoms with Gasteiger partial charge in [-0.3, -0.25) is 4.79 Å². The highest BCUT2D eigenvalue weighted by Gasteiger charge is 2.33. The van der Waals surface area contributed by atoms with Crippen LogP contribution in [0.2, 0.25) is 0 Å². The predicted octanol–water partition coefficient (Wildman–Crippen LogP) is 1.26. The van der Waals surface area contributed by atoms with Crippen LogP contribution in [0, 0.1) is 5.92 Å². The Bertz CT molecular complexity index is 373. The van der Waals surface area contributed by atoms with Crippen molar-refractivity contribution in [3.63, 3.8) is 0 Å². The molecule has 1 aliphatic rings. The van der Waals surface area contributed by atoms with E-state index in [4.69, 9.17) is 15.4 Å². The van der Waals surface area contributed by atoms with Crippen LogP contribution in [0.4, 0.5) is 0 Å².